The molecule has 0 aromatic carbocycles. The van der Waals surface area contributed by atoms with E-state index in [1.165, 1.54) is 6.33 Å². The molecule has 1 aromatic rings. The summed E-state index contributed by atoms with van der Waals surface area (Å²) in [6, 6.07) is 0. The largest absolute Gasteiger partial charge is 0.444 e. The number of hydrogen-bond donors (Lipinski definition) is 1. The fourth-order valence-electron chi connectivity index (χ4n) is 1.22. The van der Waals surface area contributed by atoms with Gasteiger partial charge in [-0.2, -0.15) is 5.10 Å². The molecule has 2 heterocycles. The Kier molecular flexibility index (Phi) is 2.11. The molecule has 1 amide bonds. The topological polar surface area (TPSA) is 69.0 Å². The average Bonchev–Trinajstić information content (AvgIpc) is 2.71. The van der Waals surface area contributed by atoms with Crippen LogP contribution < -0.4 is 5.32 Å². The van der Waals surface area contributed by atoms with Crippen LogP contribution in [0, 0.1) is 0 Å². The summed E-state index contributed by atoms with van der Waals surface area (Å²) in [6.45, 7) is 1.31. The lowest BCUT2D eigenvalue weighted by atomic mass is 10.2. The Morgan fingerprint density at radius 1 is 1.77 bits per heavy atom. The fraction of sp³-hybridized carbons (Fsp3) is 0.571. The Morgan fingerprint density at radius 2 is 2.69 bits per heavy atom. The van der Waals surface area contributed by atoms with Crippen LogP contribution in [0.1, 0.15) is 6.42 Å². The molecule has 1 N–H and O–H groups in total. The number of carbonyl (C=O) groups excluding carboxylic acids is 1. The van der Waals surface area contributed by atoms with E-state index in [9.17, 15) is 4.79 Å². The minimum absolute atomic E-state index is 0.0308. The molecule has 0 spiro atoms. The van der Waals surface area contributed by atoms with Gasteiger partial charge < -0.3 is 10.1 Å². The number of carbonyl (C=O) groups is 1. The van der Waals surface area contributed by atoms with Crippen molar-refractivity contribution < 1.29 is 9.53 Å². The van der Waals surface area contributed by atoms with E-state index in [1.807, 2.05) is 0 Å². The predicted molar refractivity (Wildman–Crippen MR) is 42.9 cm³/mol. The standard InChI is InChI=1S/C7H10N4O2/c12-7-9-3-6(13-7)1-2-11-5-8-4-10-11/h4-6H,1-3H2,(H,9,12). The van der Waals surface area contributed by atoms with Gasteiger partial charge >= 0.3 is 6.09 Å². The van der Waals surface area contributed by atoms with Gasteiger partial charge in [0, 0.05) is 13.0 Å². The summed E-state index contributed by atoms with van der Waals surface area (Å²) in [5, 5.41) is 6.53. The lowest BCUT2D eigenvalue weighted by molar-refractivity contribution is 0.132. The molecule has 0 saturated carbocycles. The zero-order chi connectivity index (χ0) is 9.10. The SMILES string of the molecule is O=C1NCC(CCn2cncn2)O1. The molecule has 70 valence electrons. The third-order valence-corrected chi connectivity index (χ3v) is 1.89. The van der Waals surface area contributed by atoms with Crippen LogP contribution in [0.15, 0.2) is 12.7 Å². The van der Waals surface area contributed by atoms with Crippen LogP contribution in [0.3, 0.4) is 0 Å². The van der Waals surface area contributed by atoms with Crippen molar-refractivity contribution in [3.8, 4) is 0 Å². The Balaban J connectivity index is 1.77. The molecule has 1 saturated heterocycles. The normalized spacial score (nSPS) is 21.2. The second-order valence-corrected chi connectivity index (χ2v) is 2.86. The molecule has 1 fully saturated rings. The third kappa shape index (κ3) is 1.95. The van der Waals surface area contributed by atoms with Crippen LogP contribution in [-0.2, 0) is 11.3 Å². The number of aromatic nitrogens is 3. The molecule has 1 aromatic heterocycles. The Morgan fingerprint density at radius 3 is 3.31 bits per heavy atom. The van der Waals surface area contributed by atoms with Gasteiger partial charge in [0.15, 0.2) is 0 Å². The van der Waals surface area contributed by atoms with Gasteiger partial charge in [-0.3, -0.25) is 4.68 Å². The summed E-state index contributed by atoms with van der Waals surface area (Å²) in [4.78, 5) is 14.5. The first-order valence-electron chi connectivity index (χ1n) is 4.11. The Bertz CT molecular complexity index is 285. The van der Waals surface area contributed by atoms with E-state index in [0.717, 1.165) is 13.0 Å². The number of hydrogen-bond acceptors (Lipinski definition) is 4. The highest BCUT2D eigenvalue weighted by Crippen LogP contribution is 2.05. The number of nitrogens with zero attached hydrogens (tertiary/aromatic N) is 3. The molecule has 1 unspecified atom stereocenters. The highest BCUT2D eigenvalue weighted by molar-refractivity contribution is 5.69. The molecule has 0 radical (unpaired) electrons. The summed E-state index contributed by atoms with van der Waals surface area (Å²) in [5.74, 6) is 0. The monoisotopic (exact) mass is 182 g/mol. The molecule has 13 heavy (non-hydrogen) atoms. The molecule has 2 rings (SSSR count). The van der Waals surface area contributed by atoms with Gasteiger partial charge in [-0.05, 0) is 0 Å². The van der Waals surface area contributed by atoms with Crippen molar-refractivity contribution in [1.29, 1.82) is 0 Å². The molecule has 1 aliphatic rings. The minimum Gasteiger partial charge on any atom is -0.444 e. The van der Waals surface area contributed by atoms with Gasteiger partial charge in [0.25, 0.3) is 0 Å². The Labute approximate surface area is 74.9 Å². The zero-order valence-electron chi connectivity index (χ0n) is 7.01. The lowest BCUT2D eigenvalue weighted by Gasteiger charge is -2.06. The van der Waals surface area contributed by atoms with E-state index >= 15 is 0 Å². The molecule has 0 aliphatic carbocycles. The van der Waals surface area contributed by atoms with Gasteiger partial charge in [0.1, 0.15) is 18.8 Å². The highest BCUT2D eigenvalue weighted by atomic mass is 16.6. The molecular weight excluding hydrogens is 172 g/mol. The number of alkyl carbamates (subject to hydrolysis) is 1. The number of rotatable bonds is 3. The molecule has 6 nitrogen and oxygen atoms in total. The van der Waals surface area contributed by atoms with Crippen LogP contribution in [0.2, 0.25) is 0 Å². The van der Waals surface area contributed by atoms with E-state index in [4.69, 9.17) is 4.74 Å². The van der Waals surface area contributed by atoms with Gasteiger partial charge in [0.05, 0.1) is 6.54 Å². The first-order valence-corrected chi connectivity index (χ1v) is 4.11. The average molecular weight is 182 g/mol. The van der Waals surface area contributed by atoms with E-state index in [2.05, 4.69) is 15.4 Å². The quantitative estimate of drug-likeness (QED) is 0.701. The van der Waals surface area contributed by atoms with E-state index in [-0.39, 0.29) is 12.2 Å². The second-order valence-electron chi connectivity index (χ2n) is 2.86. The van der Waals surface area contributed by atoms with Gasteiger partial charge in [-0.15, -0.1) is 0 Å². The van der Waals surface area contributed by atoms with Gasteiger partial charge in [-0.25, -0.2) is 9.78 Å². The fourth-order valence-corrected chi connectivity index (χ4v) is 1.22. The maximum atomic E-state index is 10.6. The maximum absolute atomic E-state index is 10.6. The van der Waals surface area contributed by atoms with Gasteiger partial charge in [-0.1, -0.05) is 0 Å². The van der Waals surface area contributed by atoms with Crippen LogP contribution >= 0.6 is 0 Å². The van der Waals surface area contributed by atoms with Crippen molar-refractivity contribution in [3.63, 3.8) is 0 Å². The van der Waals surface area contributed by atoms with Crippen molar-refractivity contribution in [2.24, 2.45) is 0 Å². The predicted octanol–water partition coefficient (Wildman–Crippen LogP) is -0.223. The van der Waals surface area contributed by atoms with E-state index < -0.39 is 0 Å². The van der Waals surface area contributed by atoms with Crippen molar-refractivity contribution in [2.45, 2.75) is 19.1 Å². The molecule has 1 atom stereocenters. The maximum Gasteiger partial charge on any atom is 0.407 e. The zero-order valence-corrected chi connectivity index (χ0v) is 7.01. The third-order valence-electron chi connectivity index (χ3n) is 1.89. The number of ether oxygens (including phenoxy) is 1. The first kappa shape index (κ1) is 8.03. The summed E-state index contributed by atoms with van der Waals surface area (Å²) in [7, 11) is 0. The molecule has 0 bridgehead atoms. The summed E-state index contributed by atoms with van der Waals surface area (Å²) in [6.07, 6.45) is 3.53. The molecular formula is C7H10N4O2. The van der Waals surface area contributed by atoms with E-state index in [0.29, 0.717) is 6.54 Å². The molecule has 1 aliphatic heterocycles. The van der Waals surface area contributed by atoms with Crippen LogP contribution in [0.5, 0.6) is 0 Å². The number of cyclic esters (lactones) is 1. The van der Waals surface area contributed by atoms with Crippen LogP contribution in [0.4, 0.5) is 4.79 Å². The van der Waals surface area contributed by atoms with Gasteiger partial charge in [0.2, 0.25) is 0 Å². The van der Waals surface area contributed by atoms with Crippen LogP contribution in [0.25, 0.3) is 0 Å². The summed E-state index contributed by atoms with van der Waals surface area (Å²) >= 11 is 0. The van der Waals surface area contributed by atoms with Crippen molar-refractivity contribution in [1.82, 2.24) is 20.1 Å². The number of amides is 1. The summed E-state index contributed by atoms with van der Waals surface area (Å²) < 4.78 is 6.66. The van der Waals surface area contributed by atoms with Crippen molar-refractivity contribution in [3.05, 3.63) is 12.7 Å². The minimum atomic E-state index is -0.330. The number of nitrogens with one attached hydrogen (secondary N) is 1. The smallest absolute Gasteiger partial charge is 0.407 e. The molecule has 6 heteroatoms. The van der Waals surface area contributed by atoms with Crippen LogP contribution in [-0.4, -0.2) is 33.5 Å². The lowest BCUT2D eigenvalue weighted by Crippen LogP contribution is -2.16. The highest BCUT2D eigenvalue weighted by Gasteiger charge is 2.21. The number of aryl methyl sites for hydroxylation is 1. The first-order chi connectivity index (χ1) is 6.34. The van der Waals surface area contributed by atoms with E-state index in [1.54, 1.807) is 11.0 Å². The van der Waals surface area contributed by atoms with Crippen molar-refractivity contribution >= 4 is 6.09 Å². The Hall–Kier alpha value is -1.59. The second kappa shape index (κ2) is 3.42. The summed E-state index contributed by atoms with van der Waals surface area (Å²) in [5.41, 5.74) is 0. The van der Waals surface area contributed by atoms with Crippen molar-refractivity contribution in [2.75, 3.05) is 6.54 Å².